The zero-order chi connectivity index (χ0) is 32.9. The fourth-order valence-electron chi connectivity index (χ4n) is 5.12. The molecule has 1 aliphatic heterocycles. The van der Waals surface area contributed by atoms with E-state index in [4.69, 9.17) is 29.0 Å². The first-order chi connectivity index (χ1) is 22.0. The number of esters is 1. The number of anilines is 1. The molecule has 1 saturated heterocycles. The minimum Gasteiger partial charge on any atom is -0.462 e. The van der Waals surface area contributed by atoms with Crippen LogP contribution in [0, 0.1) is 5.41 Å². The summed E-state index contributed by atoms with van der Waals surface area (Å²) in [5, 5.41) is 2.77. The third kappa shape index (κ3) is 8.64. The van der Waals surface area contributed by atoms with Gasteiger partial charge >= 0.3 is 13.7 Å². The number of hydrogen-bond acceptors (Lipinski definition) is 11. The number of rotatable bonds is 15. The number of benzene rings is 1. The van der Waals surface area contributed by atoms with Gasteiger partial charge in [-0.15, -0.1) is 0 Å². The number of nitrogens with one attached hydrogen (secondary N) is 2. The monoisotopic (exact) mass is 722 g/mol. The smallest absolute Gasteiger partial charge is 0.459 e. The number of H-pyrrole nitrogens is 1. The summed E-state index contributed by atoms with van der Waals surface area (Å²) in [7, 11) is -4.16. The Morgan fingerprint density at radius 2 is 2.09 bits per heavy atom. The van der Waals surface area contributed by atoms with E-state index in [1.165, 1.54) is 6.33 Å². The summed E-state index contributed by atoms with van der Waals surface area (Å²) in [6.07, 6.45) is 7.40. The Morgan fingerprint density at radius 1 is 1.30 bits per heavy atom. The molecule has 0 bridgehead atoms. The number of ether oxygens (including phenoxy) is 3. The Bertz CT molecular complexity index is 1660. The molecule has 2 aliphatic rings. The van der Waals surface area contributed by atoms with Crippen LogP contribution in [0.2, 0.25) is 0 Å². The molecule has 5 atom stereocenters. The number of nitrogen functional groups attached to an aromatic ring is 1. The van der Waals surface area contributed by atoms with Crippen LogP contribution in [-0.2, 0) is 28.1 Å². The molecule has 2 aromatic heterocycles. The maximum absolute atomic E-state index is 14.3. The van der Waals surface area contributed by atoms with Crippen LogP contribution in [0.1, 0.15) is 59.3 Å². The zero-order valence-corrected chi connectivity index (χ0v) is 28.6. The van der Waals surface area contributed by atoms with Crippen molar-refractivity contribution in [1.82, 2.24) is 24.6 Å². The molecule has 14 nitrogen and oxygen atoms in total. The van der Waals surface area contributed by atoms with Crippen LogP contribution in [0.5, 0.6) is 5.75 Å². The average molecular weight is 724 g/mol. The quantitative estimate of drug-likeness (QED) is 0.139. The number of halogens is 1. The number of nitrogens with zero attached hydrogens (tertiary/aromatic N) is 3. The molecule has 0 amide bonds. The largest absolute Gasteiger partial charge is 0.462 e. The van der Waals surface area contributed by atoms with Crippen molar-refractivity contribution in [3.05, 3.63) is 51.0 Å². The molecular formula is C30H40BrN6O8P. The topological polar surface area (TPSA) is 182 Å². The first-order valence-electron chi connectivity index (χ1n) is 15.3. The molecule has 0 radical (unpaired) electrons. The van der Waals surface area contributed by atoms with Gasteiger partial charge in [-0.2, -0.15) is 10.1 Å². The van der Waals surface area contributed by atoms with Crippen molar-refractivity contribution < 1.29 is 32.6 Å². The minimum atomic E-state index is -4.16. The van der Waals surface area contributed by atoms with E-state index < -0.39 is 30.7 Å². The Morgan fingerprint density at radius 3 is 2.80 bits per heavy atom. The van der Waals surface area contributed by atoms with Crippen LogP contribution in [0.25, 0.3) is 17.4 Å². The van der Waals surface area contributed by atoms with E-state index in [1.54, 1.807) is 42.0 Å². The van der Waals surface area contributed by atoms with Gasteiger partial charge in [0.25, 0.3) is 5.56 Å². The third-order valence-corrected chi connectivity index (χ3v) is 9.93. The maximum atomic E-state index is 14.3. The van der Waals surface area contributed by atoms with E-state index in [9.17, 15) is 14.2 Å². The standard InChI is InChI=1S/C30H40BrN6O8P/c1-4-7-19(2)44-28(39)20(3)36-46(40,45-23-11-9-22(31)10-12-23)43-17-30(16-42-24-8-5-6-13-41-24)14-21(30)15-37-18-33-25-26(37)34-29(32)35-27(25)38/h9-12,15,18-20,24H,4-8,13-14,16-17H2,1-3H3,(H,36,40)(H3,32,34,35,38)/b21-15-/t19-,20?,24?,30?,46-/m0/s1. The van der Waals surface area contributed by atoms with Crippen molar-refractivity contribution in [3.8, 4) is 5.75 Å². The van der Waals surface area contributed by atoms with Gasteiger partial charge in [0.05, 0.1) is 19.3 Å². The highest BCUT2D eigenvalue weighted by atomic mass is 79.9. The number of carbonyl (C=O) groups is 1. The summed E-state index contributed by atoms with van der Waals surface area (Å²) in [5.74, 6) is -0.322. The zero-order valence-electron chi connectivity index (χ0n) is 26.1. The lowest BCUT2D eigenvalue weighted by molar-refractivity contribution is -0.171. The van der Waals surface area contributed by atoms with Crippen LogP contribution in [0.15, 0.2) is 45.4 Å². The Balaban J connectivity index is 1.39. The Labute approximate surface area is 275 Å². The molecule has 1 aliphatic carbocycles. The lowest BCUT2D eigenvalue weighted by atomic mass is 10.1. The fraction of sp³-hybridized carbons (Fsp3) is 0.533. The van der Waals surface area contributed by atoms with Crippen molar-refractivity contribution in [2.75, 3.05) is 25.6 Å². The van der Waals surface area contributed by atoms with E-state index in [1.807, 2.05) is 13.8 Å². The normalized spacial score (nSPS) is 23.1. The molecule has 3 aromatic rings. The molecule has 3 heterocycles. The van der Waals surface area contributed by atoms with Crippen molar-refractivity contribution in [3.63, 3.8) is 0 Å². The van der Waals surface area contributed by atoms with E-state index in [2.05, 4.69) is 36.0 Å². The fourth-order valence-corrected chi connectivity index (χ4v) is 6.96. The van der Waals surface area contributed by atoms with Crippen molar-refractivity contribution in [2.45, 2.75) is 77.7 Å². The van der Waals surface area contributed by atoms with E-state index in [0.29, 0.717) is 25.1 Å². The van der Waals surface area contributed by atoms with Crippen molar-refractivity contribution in [2.24, 2.45) is 5.41 Å². The van der Waals surface area contributed by atoms with Gasteiger partial charge in [-0.25, -0.2) is 9.55 Å². The Hall–Kier alpha value is -3.07. The van der Waals surface area contributed by atoms with Crippen molar-refractivity contribution in [1.29, 1.82) is 0 Å². The molecule has 3 unspecified atom stereocenters. The first-order valence-corrected chi connectivity index (χ1v) is 17.7. The van der Waals surface area contributed by atoms with E-state index in [0.717, 1.165) is 35.7 Å². The van der Waals surface area contributed by atoms with E-state index in [-0.39, 0.29) is 42.8 Å². The van der Waals surface area contributed by atoms with Gasteiger partial charge in [0.15, 0.2) is 17.5 Å². The molecule has 16 heteroatoms. The molecule has 4 N–H and O–H groups in total. The molecule has 250 valence electrons. The van der Waals surface area contributed by atoms with Crippen molar-refractivity contribution >= 4 is 53.0 Å². The molecule has 1 saturated carbocycles. The average Bonchev–Trinajstić information content (AvgIpc) is 3.55. The lowest BCUT2D eigenvalue weighted by Crippen LogP contribution is -2.37. The highest BCUT2D eigenvalue weighted by Crippen LogP contribution is 2.57. The van der Waals surface area contributed by atoms with Crippen LogP contribution in [0.4, 0.5) is 5.95 Å². The maximum Gasteiger partial charge on any atom is 0.459 e. The highest BCUT2D eigenvalue weighted by molar-refractivity contribution is 9.10. The predicted molar refractivity (Wildman–Crippen MR) is 175 cm³/mol. The number of aromatic amines is 1. The summed E-state index contributed by atoms with van der Waals surface area (Å²) in [6.45, 7) is 6.10. The minimum absolute atomic E-state index is 0.0327. The second-order valence-corrected chi connectivity index (χ2v) is 14.3. The SMILES string of the molecule is CCC[C@H](C)OC(=O)C(C)N[P@](=O)(OCC1(COC2CCCCO2)C/C1=C/n1cnc2c(=O)[nH]c(N)nc21)Oc1ccc(Br)cc1. The van der Waals surface area contributed by atoms with Gasteiger partial charge in [-0.1, -0.05) is 29.3 Å². The summed E-state index contributed by atoms with van der Waals surface area (Å²) < 4.78 is 46.2. The van der Waals surface area contributed by atoms with Crippen LogP contribution < -0.4 is 20.9 Å². The highest BCUT2D eigenvalue weighted by Gasteiger charge is 2.52. The number of nitrogens with two attached hydrogens (primary N) is 1. The second kappa shape index (κ2) is 14.8. The van der Waals surface area contributed by atoms with Crippen LogP contribution in [0.3, 0.4) is 0 Å². The lowest BCUT2D eigenvalue weighted by Gasteiger charge is -2.27. The first kappa shape index (κ1) is 34.3. The number of carbonyl (C=O) groups excluding carboxylic acids is 1. The molecule has 46 heavy (non-hydrogen) atoms. The summed E-state index contributed by atoms with van der Waals surface area (Å²) in [5.41, 5.74) is 5.93. The van der Waals surface area contributed by atoms with Gasteiger partial charge in [-0.05, 0) is 75.8 Å². The number of fused-ring (bicyclic) bond motifs is 1. The molecular weight excluding hydrogens is 683 g/mol. The van der Waals surface area contributed by atoms with E-state index >= 15 is 0 Å². The molecule has 0 spiro atoms. The number of aromatic nitrogens is 4. The third-order valence-electron chi connectivity index (χ3n) is 7.78. The van der Waals surface area contributed by atoms with Gasteiger partial charge in [0, 0.05) is 22.7 Å². The van der Waals surface area contributed by atoms with Gasteiger partial charge in [0.1, 0.15) is 18.1 Å². The number of imidazole rings is 1. The molecule has 1 aromatic carbocycles. The number of hydrogen-bond donors (Lipinski definition) is 3. The van der Waals surface area contributed by atoms with Gasteiger partial charge < -0.3 is 24.5 Å². The second-order valence-electron chi connectivity index (χ2n) is 11.7. The summed E-state index contributed by atoms with van der Waals surface area (Å²) in [6, 6.07) is 5.77. The van der Waals surface area contributed by atoms with Gasteiger partial charge in [-0.3, -0.25) is 23.7 Å². The summed E-state index contributed by atoms with van der Waals surface area (Å²) >= 11 is 3.39. The molecule has 5 rings (SSSR count). The Kier molecular flexibility index (Phi) is 11.0. The van der Waals surface area contributed by atoms with Crippen LogP contribution >= 0.6 is 23.7 Å². The predicted octanol–water partition coefficient (Wildman–Crippen LogP) is 5.15. The summed E-state index contributed by atoms with van der Waals surface area (Å²) in [4.78, 5) is 36.0. The van der Waals surface area contributed by atoms with Gasteiger partial charge in [0.2, 0.25) is 5.95 Å². The molecule has 2 fully saturated rings. The van der Waals surface area contributed by atoms with Crippen LogP contribution in [-0.4, -0.2) is 63.7 Å².